The molecule has 0 aliphatic carbocycles. The highest BCUT2D eigenvalue weighted by atomic mass is 19.1. The number of rotatable bonds is 5. The lowest BCUT2D eigenvalue weighted by Gasteiger charge is -2.22. The van der Waals surface area contributed by atoms with Crippen molar-refractivity contribution in [3.63, 3.8) is 0 Å². The number of pyridine rings is 1. The van der Waals surface area contributed by atoms with Crippen molar-refractivity contribution in [1.29, 1.82) is 0 Å². The van der Waals surface area contributed by atoms with Gasteiger partial charge in [0.25, 0.3) is 0 Å². The number of fused-ring (bicyclic) bond motifs is 2. The Balaban J connectivity index is 1.75. The van der Waals surface area contributed by atoms with E-state index in [0.717, 1.165) is 22.3 Å². The van der Waals surface area contributed by atoms with Gasteiger partial charge in [-0.1, -0.05) is 6.08 Å². The largest absolute Gasteiger partial charge is 0.480 e. The fraction of sp³-hybridized carbons (Fsp3) is 0.316. The quantitative estimate of drug-likeness (QED) is 0.721. The Labute approximate surface area is 156 Å². The molecule has 27 heavy (non-hydrogen) atoms. The number of alkyl halides is 1. The van der Waals surface area contributed by atoms with Gasteiger partial charge in [-0.3, -0.25) is 0 Å². The molecular formula is C19H21FN6O. The smallest absolute Gasteiger partial charge is 0.228 e. The molecule has 1 aliphatic heterocycles. The fourth-order valence-electron chi connectivity index (χ4n) is 3.02. The molecule has 0 atom stereocenters. The number of halogens is 1. The third-order valence-electron chi connectivity index (χ3n) is 4.28. The summed E-state index contributed by atoms with van der Waals surface area (Å²) < 4.78 is 21.3. The summed E-state index contributed by atoms with van der Waals surface area (Å²) in [5.41, 5.74) is 2.29. The van der Waals surface area contributed by atoms with Gasteiger partial charge >= 0.3 is 0 Å². The van der Waals surface area contributed by atoms with Crippen LogP contribution < -0.4 is 15.4 Å². The van der Waals surface area contributed by atoms with Crippen LogP contribution in [0.15, 0.2) is 36.8 Å². The van der Waals surface area contributed by atoms with E-state index in [4.69, 9.17) is 4.74 Å². The van der Waals surface area contributed by atoms with Crippen LogP contribution in [0.1, 0.15) is 25.0 Å². The predicted molar refractivity (Wildman–Crippen MR) is 103 cm³/mol. The maximum absolute atomic E-state index is 13.8. The van der Waals surface area contributed by atoms with E-state index in [1.165, 1.54) is 13.8 Å². The normalized spacial score (nSPS) is 13.7. The van der Waals surface area contributed by atoms with Crippen LogP contribution in [0.3, 0.4) is 0 Å². The Hall–Kier alpha value is -3.16. The highest BCUT2D eigenvalue weighted by Gasteiger charge is 2.24. The van der Waals surface area contributed by atoms with Gasteiger partial charge in [0.15, 0.2) is 0 Å². The summed E-state index contributed by atoms with van der Waals surface area (Å²) in [6.45, 7) is 3.73. The number of ether oxygens (including phenoxy) is 1. The average Bonchev–Trinajstić information content (AvgIpc) is 3.12. The standard InChI is InChI=1S/C19H21FN6O/c1-19(2,20)11-23-18-24-16-15(17(25-18)27-3)13(6-7-22-16)12-4-5-14-21-8-9-26(14)10-12/h4-6,8-10H,7,11H2,1-3H3,(H2,22,23,24,25). The molecule has 140 valence electrons. The molecule has 3 aromatic heterocycles. The van der Waals surface area contributed by atoms with Crippen LogP contribution in [-0.2, 0) is 0 Å². The molecule has 0 amide bonds. The van der Waals surface area contributed by atoms with Gasteiger partial charge in [-0.2, -0.15) is 9.97 Å². The third kappa shape index (κ3) is 3.42. The number of imidazole rings is 1. The van der Waals surface area contributed by atoms with Gasteiger partial charge in [0.1, 0.15) is 17.1 Å². The summed E-state index contributed by atoms with van der Waals surface area (Å²) in [6.07, 6.45) is 7.75. The number of nitrogens with one attached hydrogen (secondary N) is 2. The zero-order chi connectivity index (χ0) is 19.0. The van der Waals surface area contributed by atoms with Crippen LogP contribution in [-0.4, -0.2) is 45.2 Å². The lowest BCUT2D eigenvalue weighted by atomic mass is 9.98. The van der Waals surface area contributed by atoms with Gasteiger partial charge in [-0.25, -0.2) is 9.37 Å². The maximum atomic E-state index is 13.8. The molecule has 2 N–H and O–H groups in total. The first kappa shape index (κ1) is 17.3. The van der Waals surface area contributed by atoms with E-state index in [0.29, 0.717) is 24.2 Å². The summed E-state index contributed by atoms with van der Waals surface area (Å²) in [6, 6.07) is 3.98. The summed E-state index contributed by atoms with van der Waals surface area (Å²) >= 11 is 0. The Morgan fingerprint density at radius 2 is 2.19 bits per heavy atom. The summed E-state index contributed by atoms with van der Waals surface area (Å²) in [4.78, 5) is 13.2. The van der Waals surface area contributed by atoms with Crippen LogP contribution in [0, 0.1) is 0 Å². The average molecular weight is 368 g/mol. The highest BCUT2D eigenvalue weighted by Crippen LogP contribution is 2.37. The van der Waals surface area contributed by atoms with E-state index in [2.05, 4.69) is 31.7 Å². The Morgan fingerprint density at radius 3 is 2.96 bits per heavy atom. The molecule has 4 heterocycles. The second-order valence-electron chi connectivity index (χ2n) is 6.96. The summed E-state index contributed by atoms with van der Waals surface area (Å²) in [5, 5.41) is 6.18. The SMILES string of the molecule is COc1nc(NCC(C)(C)F)nc2c1C(c1ccc3nccn3c1)=CCN2. The van der Waals surface area contributed by atoms with Gasteiger partial charge in [-0.05, 0) is 37.1 Å². The molecule has 0 saturated heterocycles. The van der Waals surface area contributed by atoms with Crippen LogP contribution >= 0.6 is 0 Å². The number of nitrogens with zero attached hydrogens (tertiary/aromatic N) is 4. The summed E-state index contributed by atoms with van der Waals surface area (Å²) in [7, 11) is 1.57. The van der Waals surface area contributed by atoms with Crippen molar-refractivity contribution in [2.75, 3.05) is 30.8 Å². The molecular weight excluding hydrogens is 347 g/mol. The first-order chi connectivity index (χ1) is 12.9. The topological polar surface area (TPSA) is 76.4 Å². The van der Waals surface area contributed by atoms with Gasteiger partial charge in [0.2, 0.25) is 11.8 Å². The lowest BCUT2D eigenvalue weighted by molar-refractivity contribution is 0.234. The van der Waals surface area contributed by atoms with Crippen molar-refractivity contribution >= 4 is 23.0 Å². The third-order valence-corrected chi connectivity index (χ3v) is 4.28. The second kappa shape index (κ2) is 6.53. The Kier molecular flexibility index (Phi) is 4.18. The Bertz CT molecular complexity index is 1020. The number of hydrogen-bond donors (Lipinski definition) is 2. The van der Waals surface area contributed by atoms with E-state index < -0.39 is 5.67 Å². The predicted octanol–water partition coefficient (Wildman–Crippen LogP) is 3.15. The van der Waals surface area contributed by atoms with Gasteiger partial charge < -0.3 is 19.8 Å². The van der Waals surface area contributed by atoms with Gasteiger partial charge in [-0.15, -0.1) is 0 Å². The first-order valence-electron chi connectivity index (χ1n) is 8.71. The van der Waals surface area contributed by atoms with Crippen molar-refractivity contribution in [2.45, 2.75) is 19.5 Å². The molecule has 0 saturated carbocycles. The minimum Gasteiger partial charge on any atom is -0.480 e. The van der Waals surface area contributed by atoms with Crippen LogP contribution in [0.25, 0.3) is 11.2 Å². The van der Waals surface area contributed by atoms with Gasteiger partial charge in [0, 0.05) is 25.1 Å². The van der Waals surface area contributed by atoms with Gasteiger partial charge in [0.05, 0.1) is 19.2 Å². The molecule has 1 aliphatic rings. The molecule has 8 heteroatoms. The molecule has 0 radical (unpaired) electrons. The van der Waals surface area contributed by atoms with Crippen LogP contribution in [0.5, 0.6) is 5.88 Å². The van der Waals surface area contributed by atoms with Crippen molar-refractivity contribution in [2.24, 2.45) is 0 Å². The zero-order valence-corrected chi connectivity index (χ0v) is 15.5. The van der Waals surface area contributed by atoms with E-state index in [-0.39, 0.29) is 6.54 Å². The minimum atomic E-state index is -1.37. The van der Waals surface area contributed by atoms with Crippen LogP contribution in [0.2, 0.25) is 0 Å². The maximum Gasteiger partial charge on any atom is 0.228 e. The van der Waals surface area contributed by atoms with E-state index >= 15 is 0 Å². The molecule has 0 aromatic carbocycles. The molecule has 4 rings (SSSR count). The second-order valence-corrected chi connectivity index (χ2v) is 6.96. The molecule has 0 spiro atoms. The van der Waals surface area contributed by atoms with Crippen molar-refractivity contribution < 1.29 is 9.13 Å². The van der Waals surface area contributed by atoms with E-state index in [9.17, 15) is 4.39 Å². The van der Waals surface area contributed by atoms with E-state index in [1.807, 2.05) is 28.9 Å². The zero-order valence-electron chi connectivity index (χ0n) is 15.5. The summed E-state index contributed by atoms with van der Waals surface area (Å²) in [5.74, 6) is 1.42. The molecule has 0 fully saturated rings. The van der Waals surface area contributed by atoms with Crippen LogP contribution in [0.4, 0.5) is 16.2 Å². The monoisotopic (exact) mass is 368 g/mol. The number of methoxy groups -OCH3 is 1. The van der Waals surface area contributed by atoms with Crippen molar-refractivity contribution in [3.05, 3.63) is 47.9 Å². The highest BCUT2D eigenvalue weighted by molar-refractivity contribution is 5.89. The number of aromatic nitrogens is 4. The Morgan fingerprint density at radius 1 is 1.33 bits per heavy atom. The lowest BCUT2D eigenvalue weighted by Crippen LogP contribution is -2.26. The number of hydrogen-bond acceptors (Lipinski definition) is 6. The number of anilines is 2. The van der Waals surface area contributed by atoms with Crippen molar-refractivity contribution in [3.8, 4) is 5.88 Å². The molecule has 7 nitrogen and oxygen atoms in total. The minimum absolute atomic E-state index is 0.106. The fourth-order valence-corrected chi connectivity index (χ4v) is 3.02. The molecule has 3 aromatic rings. The van der Waals surface area contributed by atoms with E-state index in [1.54, 1.807) is 13.3 Å². The van der Waals surface area contributed by atoms with Crippen molar-refractivity contribution in [1.82, 2.24) is 19.4 Å². The first-order valence-corrected chi connectivity index (χ1v) is 8.71. The molecule has 0 unspecified atom stereocenters. The molecule has 0 bridgehead atoms.